The molecule has 2 unspecified atom stereocenters. The van der Waals surface area contributed by atoms with Gasteiger partial charge in [-0.1, -0.05) is 71.3 Å². The van der Waals surface area contributed by atoms with Crippen LogP contribution in [0.5, 0.6) is 0 Å². The van der Waals surface area contributed by atoms with E-state index in [0.29, 0.717) is 18.1 Å². The quantitative estimate of drug-likeness (QED) is 0.720. The van der Waals surface area contributed by atoms with E-state index >= 15 is 0 Å². The third-order valence-electron chi connectivity index (χ3n) is 6.24. The van der Waals surface area contributed by atoms with Crippen molar-refractivity contribution in [3.8, 4) is 0 Å². The summed E-state index contributed by atoms with van der Waals surface area (Å²) >= 11 is 6.12. The second-order valence-corrected chi connectivity index (χ2v) is 10.5. The summed E-state index contributed by atoms with van der Waals surface area (Å²) in [4.78, 5) is 12.9. The molecule has 0 spiro atoms. The van der Waals surface area contributed by atoms with Gasteiger partial charge in [0.15, 0.2) is 0 Å². The van der Waals surface area contributed by atoms with Crippen molar-refractivity contribution in [1.82, 2.24) is 19.0 Å². The first-order chi connectivity index (χ1) is 15.4. The Morgan fingerprint density at radius 2 is 1.56 bits per heavy atom. The van der Waals surface area contributed by atoms with Crippen molar-refractivity contribution in [3.05, 3.63) is 70.7 Å². The van der Waals surface area contributed by atoms with Gasteiger partial charge < -0.3 is 5.32 Å². The summed E-state index contributed by atoms with van der Waals surface area (Å²) in [6.45, 7) is 1.18. The molecule has 0 radical (unpaired) electrons. The summed E-state index contributed by atoms with van der Waals surface area (Å²) < 4.78 is 30.8. The zero-order valence-electron chi connectivity index (χ0n) is 18.2. The Morgan fingerprint density at radius 3 is 2.16 bits per heavy atom. The highest BCUT2D eigenvalue weighted by Gasteiger charge is 2.51. The number of hydrogen-bond donors (Lipinski definition) is 1. The molecule has 172 valence electrons. The van der Waals surface area contributed by atoms with Gasteiger partial charge >= 0.3 is 6.03 Å². The molecule has 2 aliphatic heterocycles. The summed E-state index contributed by atoms with van der Waals surface area (Å²) in [5, 5.41) is 4.54. The second-order valence-electron chi connectivity index (χ2n) is 8.24. The number of nitrogens with one attached hydrogen (secondary N) is 1. The molecule has 2 aromatic carbocycles. The van der Waals surface area contributed by atoms with Gasteiger partial charge in [-0.2, -0.15) is 12.7 Å². The average Bonchev–Trinajstić information content (AvgIpc) is 3.00. The molecular weight excluding hydrogens is 448 g/mol. The highest BCUT2D eigenvalue weighted by atomic mass is 35.5. The second kappa shape index (κ2) is 9.79. The average molecular weight is 477 g/mol. The van der Waals surface area contributed by atoms with Crippen LogP contribution in [0.3, 0.4) is 0 Å². The number of urea groups is 1. The third-order valence-corrected chi connectivity index (χ3v) is 8.41. The lowest BCUT2D eigenvalue weighted by Gasteiger charge is -2.35. The van der Waals surface area contributed by atoms with Crippen molar-refractivity contribution < 1.29 is 13.2 Å². The first kappa shape index (κ1) is 23.0. The zero-order valence-corrected chi connectivity index (χ0v) is 19.7. The molecule has 9 heteroatoms. The molecule has 0 aromatic heterocycles. The minimum atomic E-state index is -3.94. The summed E-state index contributed by atoms with van der Waals surface area (Å²) in [7, 11) is -2.42. The maximum Gasteiger partial charge on any atom is 0.332 e. The van der Waals surface area contributed by atoms with E-state index in [-0.39, 0.29) is 12.5 Å². The standard InChI is InChI=1S/C23H29ClN4O3S/c1-25-23(29)27-17-21(18-9-5-4-6-10-18)22(19-11-13-20(24)14-12-19)28(27)32(30,31)26-15-7-2-3-8-16-26/h4-6,9-14,21-22H,2-3,7-8,15-17H2,1H3,(H,25,29). The molecule has 2 atom stereocenters. The van der Waals surface area contributed by atoms with Gasteiger partial charge in [0, 0.05) is 37.6 Å². The van der Waals surface area contributed by atoms with Crippen LogP contribution in [0, 0.1) is 0 Å². The molecule has 2 saturated heterocycles. The van der Waals surface area contributed by atoms with Crippen molar-refractivity contribution >= 4 is 27.8 Å². The Hall–Kier alpha value is -2.13. The Morgan fingerprint density at radius 1 is 0.938 bits per heavy atom. The number of benzene rings is 2. The fraction of sp³-hybridized carbons (Fsp3) is 0.435. The summed E-state index contributed by atoms with van der Waals surface area (Å²) in [5.41, 5.74) is 1.78. The van der Waals surface area contributed by atoms with E-state index in [9.17, 15) is 13.2 Å². The number of carbonyl (C=O) groups is 1. The van der Waals surface area contributed by atoms with Crippen LogP contribution in [0.4, 0.5) is 4.79 Å². The SMILES string of the molecule is CNC(=O)N1CC(c2ccccc2)C(c2ccc(Cl)cc2)N1S(=O)(=O)N1CCCCCC1. The maximum atomic E-state index is 14.0. The van der Waals surface area contributed by atoms with Gasteiger partial charge in [0.2, 0.25) is 0 Å². The number of halogens is 1. The number of hydrogen-bond acceptors (Lipinski definition) is 3. The molecule has 0 bridgehead atoms. The Labute approximate surface area is 195 Å². The van der Waals surface area contributed by atoms with E-state index in [0.717, 1.165) is 36.8 Å². The number of nitrogens with zero attached hydrogens (tertiary/aromatic N) is 3. The van der Waals surface area contributed by atoms with Crippen LogP contribution in [0.15, 0.2) is 54.6 Å². The van der Waals surface area contributed by atoms with Crippen molar-refractivity contribution in [2.75, 3.05) is 26.7 Å². The van der Waals surface area contributed by atoms with Crippen LogP contribution >= 0.6 is 11.6 Å². The van der Waals surface area contributed by atoms with Gasteiger partial charge in [0.05, 0.1) is 6.04 Å². The smallest absolute Gasteiger partial charge is 0.332 e. The molecule has 7 nitrogen and oxygen atoms in total. The monoisotopic (exact) mass is 476 g/mol. The number of hydrazine groups is 1. The van der Waals surface area contributed by atoms with Crippen molar-refractivity contribution in [1.29, 1.82) is 0 Å². The lowest BCUT2D eigenvalue weighted by atomic mass is 9.89. The largest absolute Gasteiger partial charge is 0.340 e. The Balaban J connectivity index is 1.84. The minimum Gasteiger partial charge on any atom is -0.340 e. The lowest BCUT2D eigenvalue weighted by molar-refractivity contribution is 0.107. The van der Waals surface area contributed by atoms with Gasteiger partial charge in [-0.05, 0) is 36.1 Å². The molecule has 4 rings (SSSR count). The Kier molecular flexibility index (Phi) is 7.05. The molecule has 1 N–H and O–H groups in total. The van der Waals surface area contributed by atoms with E-state index < -0.39 is 22.3 Å². The van der Waals surface area contributed by atoms with Crippen LogP contribution in [0.2, 0.25) is 5.02 Å². The number of rotatable bonds is 4. The fourth-order valence-corrected chi connectivity index (χ4v) is 6.67. The van der Waals surface area contributed by atoms with Gasteiger partial charge in [-0.25, -0.2) is 9.80 Å². The van der Waals surface area contributed by atoms with Gasteiger partial charge in [-0.3, -0.25) is 0 Å². The molecule has 2 heterocycles. The van der Waals surface area contributed by atoms with E-state index in [2.05, 4.69) is 5.32 Å². The van der Waals surface area contributed by atoms with Crippen molar-refractivity contribution in [3.63, 3.8) is 0 Å². The number of amides is 2. The van der Waals surface area contributed by atoms with Crippen LogP contribution in [0.1, 0.15) is 48.8 Å². The molecule has 2 fully saturated rings. The lowest BCUT2D eigenvalue weighted by Crippen LogP contribution is -2.53. The number of carbonyl (C=O) groups excluding carboxylic acids is 1. The topological polar surface area (TPSA) is 73.0 Å². The van der Waals surface area contributed by atoms with E-state index in [1.807, 2.05) is 42.5 Å². The summed E-state index contributed by atoms with van der Waals surface area (Å²) in [6.07, 6.45) is 3.67. The molecule has 0 aliphatic carbocycles. The molecule has 2 aliphatic rings. The van der Waals surface area contributed by atoms with E-state index in [1.165, 1.54) is 20.8 Å². The van der Waals surface area contributed by atoms with Gasteiger partial charge in [0.1, 0.15) is 0 Å². The predicted molar refractivity (Wildman–Crippen MR) is 125 cm³/mol. The first-order valence-electron chi connectivity index (χ1n) is 11.0. The maximum absolute atomic E-state index is 14.0. The molecular formula is C23H29ClN4O3S. The predicted octanol–water partition coefficient (Wildman–Crippen LogP) is 4.16. The molecule has 0 saturated carbocycles. The van der Waals surface area contributed by atoms with Crippen LogP contribution < -0.4 is 5.32 Å². The van der Waals surface area contributed by atoms with Crippen LogP contribution in [0.25, 0.3) is 0 Å². The fourth-order valence-electron chi connectivity index (χ4n) is 4.64. The minimum absolute atomic E-state index is 0.226. The molecule has 2 aromatic rings. The first-order valence-corrected chi connectivity index (χ1v) is 12.8. The van der Waals surface area contributed by atoms with Crippen molar-refractivity contribution in [2.24, 2.45) is 0 Å². The third kappa shape index (κ3) is 4.50. The van der Waals surface area contributed by atoms with E-state index in [1.54, 1.807) is 12.1 Å². The van der Waals surface area contributed by atoms with Gasteiger partial charge in [-0.15, -0.1) is 0 Å². The van der Waals surface area contributed by atoms with Crippen LogP contribution in [-0.2, 0) is 10.2 Å². The molecule has 32 heavy (non-hydrogen) atoms. The molecule has 2 amide bonds. The van der Waals surface area contributed by atoms with Crippen molar-refractivity contribution in [2.45, 2.75) is 37.6 Å². The van der Waals surface area contributed by atoms with E-state index in [4.69, 9.17) is 11.6 Å². The Bertz CT molecular complexity index is 1020. The summed E-state index contributed by atoms with van der Waals surface area (Å²) in [5.74, 6) is -0.226. The zero-order chi connectivity index (χ0) is 22.7. The van der Waals surface area contributed by atoms with Crippen LogP contribution in [-0.4, -0.2) is 54.9 Å². The summed E-state index contributed by atoms with van der Waals surface area (Å²) in [6, 6.07) is 16.0. The normalized spacial score (nSPS) is 23.1. The highest BCUT2D eigenvalue weighted by Crippen LogP contribution is 2.45. The highest BCUT2D eigenvalue weighted by molar-refractivity contribution is 7.86. The van der Waals surface area contributed by atoms with Gasteiger partial charge in [0.25, 0.3) is 10.2 Å².